The Balaban J connectivity index is 2.44. The van der Waals surface area contributed by atoms with Crippen LogP contribution in [0.15, 0.2) is 48.5 Å². The Bertz CT molecular complexity index is 552. The minimum atomic E-state index is -0.00509. The summed E-state index contributed by atoms with van der Waals surface area (Å²) in [5.74, 6) is -0.00509. The molecule has 0 radical (unpaired) electrons. The number of hydrogen-bond donors (Lipinski definition) is 1. The van der Waals surface area contributed by atoms with E-state index in [4.69, 9.17) is 11.6 Å². The monoisotopic (exact) mass is 259 g/mol. The van der Waals surface area contributed by atoms with Crippen molar-refractivity contribution in [2.75, 3.05) is 5.32 Å². The SMILES string of the molecule is CCC(=O)Nc1ccc(Cl)cc1-c1ccccc1. The molecule has 0 unspecified atom stereocenters. The molecule has 0 atom stereocenters. The molecule has 2 aromatic rings. The minimum Gasteiger partial charge on any atom is -0.326 e. The summed E-state index contributed by atoms with van der Waals surface area (Å²) in [6, 6.07) is 15.3. The van der Waals surface area contributed by atoms with Gasteiger partial charge < -0.3 is 5.32 Å². The van der Waals surface area contributed by atoms with Gasteiger partial charge >= 0.3 is 0 Å². The van der Waals surface area contributed by atoms with Crippen LogP contribution >= 0.6 is 11.6 Å². The smallest absolute Gasteiger partial charge is 0.224 e. The molecule has 0 heterocycles. The van der Waals surface area contributed by atoms with E-state index in [2.05, 4.69) is 5.32 Å². The average Bonchev–Trinajstić information content (AvgIpc) is 2.41. The number of rotatable bonds is 3. The summed E-state index contributed by atoms with van der Waals surface area (Å²) < 4.78 is 0. The zero-order valence-electron chi connectivity index (χ0n) is 10.1. The maximum absolute atomic E-state index is 11.5. The summed E-state index contributed by atoms with van der Waals surface area (Å²) in [4.78, 5) is 11.5. The molecule has 2 aromatic carbocycles. The molecule has 0 spiro atoms. The number of amides is 1. The minimum absolute atomic E-state index is 0.00509. The van der Waals surface area contributed by atoms with Crippen molar-refractivity contribution in [2.24, 2.45) is 0 Å². The molecule has 0 bridgehead atoms. The number of halogens is 1. The fraction of sp³-hybridized carbons (Fsp3) is 0.133. The van der Waals surface area contributed by atoms with Gasteiger partial charge in [0.05, 0.1) is 0 Å². The largest absolute Gasteiger partial charge is 0.326 e. The van der Waals surface area contributed by atoms with E-state index >= 15 is 0 Å². The lowest BCUT2D eigenvalue weighted by molar-refractivity contribution is -0.115. The summed E-state index contributed by atoms with van der Waals surface area (Å²) in [6.07, 6.45) is 0.455. The zero-order valence-corrected chi connectivity index (χ0v) is 10.9. The predicted molar refractivity (Wildman–Crippen MR) is 75.8 cm³/mol. The average molecular weight is 260 g/mol. The highest BCUT2D eigenvalue weighted by Crippen LogP contribution is 2.30. The van der Waals surface area contributed by atoms with Crippen LogP contribution < -0.4 is 5.32 Å². The van der Waals surface area contributed by atoms with Gasteiger partial charge in [-0.25, -0.2) is 0 Å². The van der Waals surface area contributed by atoms with Crippen molar-refractivity contribution in [2.45, 2.75) is 13.3 Å². The maximum Gasteiger partial charge on any atom is 0.224 e. The Labute approximate surface area is 112 Å². The van der Waals surface area contributed by atoms with Gasteiger partial charge in [0.2, 0.25) is 5.91 Å². The Hall–Kier alpha value is -1.80. The molecule has 0 saturated carbocycles. The van der Waals surface area contributed by atoms with Crippen molar-refractivity contribution in [1.29, 1.82) is 0 Å². The molecule has 92 valence electrons. The number of hydrogen-bond acceptors (Lipinski definition) is 1. The highest BCUT2D eigenvalue weighted by atomic mass is 35.5. The number of nitrogens with one attached hydrogen (secondary N) is 1. The third-order valence-corrected chi connectivity index (χ3v) is 2.90. The quantitative estimate of drug-likeness (QED) is 0.872. The number of benzene rings is 2. The molecule has 0 aromatic heterocycles. The lowest BCUT2D eigenvalue weighted by Gasteiger charge is -2.11. The predicted octanol–water partition coefficient (Wildman–Crippen LogP) is 4.36. The summed E-state index contributed by atoms with van der Waals surface area (Å²) in [6.45, 7) is 1.83. The van der Waals surface area contributed by atoms with Crippen molar-refractivity contribution in [3.05, 3.63) is 53.6 Å². The second-order valence-electron chi connectivity index (χ2n) is 3.96. The van der Waals surface area contributed by atoms with Crippen molar-refractivity contribution in [3.63, 3.8) is 0 Å². The van der Waals surface area contributed by atoms with Crippen LogP contribution in [-0.2, 0) is 4.79 Å². The van der Waals surface area contributed by atoms with Gasteiger partial charge in [0.15, 0.2) is 0 Å². The van der Waals surface area contributed by atoms with Gasteiger partial charge in [-0.05, 0) is 23.8 Å². The second-order valence-corrected chi connectivity index (χ2v) is 4.39. The molecule has 2 rings (SSSR count). The van der Waals surface area contributed by atoms with Crippen LogP contribution in [0.5, 0.6) is 0 Å². The van der Waals surface area contributed by atoms with Gasteiger partial charge in [0.25, 0.3) is 0 Å². The molecule has 0 fully saturated rings. The van der Waals surface area contributed by atoms with E-state index in [9.17, 15) is 4.79 Å². The fourth-order valence-corrected chi connectivity index (χ4v) is 1.89. The molecular formula is C15H14ClNO. The van der Waals surface area contributed by atoms with E-state index in [0.29, 0.717) is 11.4 Å². The van der Waals surface area contributed by atoms with Crippen LogP contribution in [0.1, 0.15) is 13.3 Å². The van der Waals surface area contributed by atoms with E-state index in [1.54, 1.807) is 6.07 Å². The van der Waals surface area contributed by atoms with Crippen molar-refractivity contribution in [3.8, 4) is 11.1 Å². The first kappa shape index (κ1) is 12.7. The number of anilines is 1. The molecule has 2 nitrogen and oxygen atoms in total. The fourth-order valence-electron chi connectivity index (χ4n) is 1.72. The first-order valence-corrected chi connectivity index (χ1v) is 6.23. The Morgan fingerprint density at radius 2 is 1.89 bits per heavy atom. The molecule has 3 heteroatoms. The first-order chi connectivity index (χ1) is 8.70. The first-order valence-electron chi connectivity index (χ1n) is 5.85. The highest BCUT2D eigenvalue weighted by molar-refractivity contribution is 6.31. The van der Waals surface area contributed by atoms with E-state index in [-0.39, 0.29) is 5.91 Å². The standard InChI is InChI=1S/C15H14ClNO/c1-2-15(18)17-14-9-8-12(16)10-13(14)11-6-4-3-5-7-11/h3-10H,2H2,1H3,(H,17,18). The molecule has 1 N–H and O–H groups in total. The van der Waals surface area contributed by atoms with Crippen LogP contribution in [-0.4, -0.2) is 5.91 Å². The lowest BCUT2D eigenvalue weighted by atomic mass is 10.0. The van der Waals surface area contributed by atoms with Crippen LogP contribution in [0.25, 0.3) is 11.1 Å². The Morgan fingerprint density at radius 3 is 2.56 bits per heavy atom. The number of carbonyl (C=O) groups is 1. The maximum atomic E-state index is 11.5. The van der Waals surface area contributed by atoms with Crippen molar-refractivity contribution in [1.82, 2.24) is 0 Å². The summed E-state index contributed by atoms with van der Waals surface area (Å²) in [7, 11) is 0. The second kappa shape index (κ2) is 5.69. The van der Waals surface area contributed by atoms with Crippen molar-refractivity contribution >= 4 is 23.2 Å². The third-order valence-electron chi connectivity index (χ3n) is 2.66. The Morgan fingerprint density at radius 1 is 1.17 bits per heavy atom. The zero-order chi connectivity index (χ0) is 13.0. The van der Waals surface area contributed by atoms with E-state index in [1.165, 1.54) is 0 Å². The van der Waals surface area contributed by atoms with Gasteiger partial charge in [-0.1, -0.05) is 48.9 Å². The van der Waals surface area contributed by atoms with Crippen LogP contribution in [0, 0.1) is 0 Å². The van der Waals surface area contributed by atoms with Gasteiger partial charge in [-0.2, -0.15) is 0 Å². The molecule has 1 amide bonds. The molecule has 0 aliphatic rings. The van der Waals surface area contributed by atoms with E-state index in [0.717, 1.165) is 16.8 Å². The van der Waals surface area contributed by atoms with Crippen LogP contribution in [0.4, 0.5) is 5.69 Å². The summed E-state index contributed by atoms with van der Waals surface area (Å²) in [5.41, 5.74) is 2.76. The molecule has 0 aliphatic heterocycles. The molecule has 0 aliphatic carbocycles. The molecule has 18 heavy (non-hydrogen) atoms. The van der Waals surface area contributed by atoms with Crippen molar-refractivity contribution < 1.29 is 4.79 Å². The van der Waals surface area contributed by atoms with Gasteiger partial charge in [0.1, 0.15) is 0 Å². The van der Waals surface area contributed by atoms with Gasteiger partial charge in [-0.3, -0.25) is 4.79 Å². The normalized spacial score (nSPS) is 10.1. The highest BCUT2D eigenvalue weighted by Gasteiger charge is 2.08. The van der Waals surface area contributed by atoms with Crippen LogP contribution in [0.2, 0.25) is 5.02 Å². The molecular weight excluding hydrogens is 246 g/mol. The summed E-state index contributed by atoms with van der Waals surface area (Å²) >= 11 is 6.02. The van der Waals surface area contributed by atoms with Gasteiger partial charge in [-0.15, -0.1) is 0 Å². The Kier molecular flexibility index (Phi) is 4.00. The topological polar surface area (TPSA) is 29.1 Å². The van der Waals surface area contributed by atoms with Gasteiger partial charge in [0, 0.05) is 22.7 Å². The summed E-state index contributed by atoms with van der Waals surface area (Å²) in [5, 5.41) is 3.54. The third kappa shape index (κ3) is 2.90. The van der Waals surface area contributed by atoms with E-state index in [1.807, 2.05) is 49.4 Å². The van der Waals surface area contributed by atoms with E-state index < -0.39 is 0 Å². The van der Waals surface area contributed by atoms with Crippen LogP contribution in [0.3, 0.4) is 0 Å². The number of carbonyl (C=O) groups excluding carboxylic acids is 1. The molecule has 0 saturated heterocycles. The lowest BCUT2D eigenvalue weighted by Crippen LogP contribution is -2.10.